The number of nitro groups is 1. The monoisotopic (exact) mass is 357 g/mol. The van der Waals surface area contributed by atoms with Crippen molar-refractivity contribution in [2.45, 2.75) is 19.3 Å². The van der Waals surface area contributed by atoms with Crippen molar-refractivity contribution in [2.75, 3.05) is 30.4 Å². The van der Waals surface area contributed by atoms with Gasteiger partial charge in [0.05, 0.1) is 17.7 Å². The van der Waals surface area contributed by atoms with E-state index in [4.69, 9.17) is 4.74 Å². The van der Waals surface area contributed by atoms with E-state index in [1.807, 2.05) is 0 Å². The number of aromatic nitrogens is 2. The van der Waals surface area contributed by atoms with Gasteiger partial charge in [-0.05, 0) is 37.5 Å². The zero-order valence-corrected chi connectivity index (χ0v) is 14.3. The van der Waals surface area contributed by atoms with E-state index < -0.39 is 10.8 Å². The van der Waals surface area contributed by atoms with Crippen molar-refractivity contribution in [2.24, 2.45) is 0 Å². The molecule has 9 nitrogen and oxygen atoms in total. The van der Waals surface area contributed by atoms with Gasteiger partial charge in [-0.15, -0.1) is 10.2 Å². The van der Waals surface area contributed by atoms with Crippen molar-refractivity contribution in [1.82, 2.24) is 10.2 Å². The van der Waals surface area contributed by atoms with Gasteiger partial charge in [-0.25, -0.2) is 0 Å². The summed E-state index contributed by atoms with van der Waals surface area (Å²) in [4.78, 5) is 24.9. The van der Waals surface area contributed by atoms with Gasteiger partial charge in [-0.2, -0.15) is 0 Å². The Labute approximate surface area is 150 Å². The van der Waals surface area contributed by atoms with E-state index in [2.05, 4.69) is 20.4 Å². The van der Waals surface area contributed by atoms with Gasteiger partial charge in [0, 0.05) is 25.2 Å². The van der Waals surface area contributed by atoms with Gasteiger partial charge in [0.15, 0.2) is 11.5 Å². The maximum absolute atomic E-state index is 12.4. The van der Waals surface area contributed by atoms with Gasteiger partial charge in [-0.1, -0.05) is 0 Å². The van der Waals surface area contributed by atoms with Crippen LogP contribution in [0, 0.1) is 10.1 Å². The van der Waals surface area contributed by atoms with E-state index in [9.17, 15) is 14.9 Å². The number of piperidine rings is 1. The summed E-state index contributed by atoms with van der Waals surface area (Å²) in [7, 11) is 1.42. The standard InChI is InChI=1S/C17H19N5O4/c1-26-15-7-5-12(22(24)25)11-14(15)18-17(23)13-6-8-16(20-19-13)21-9-3-2-4-10-21/h5-8,11H,2-4,9-10H2,1H3,(H,18,23). The van der Waals surface area contributed by atoms with Crippen LogP contribution < -0.4 is 15.0 Å². The molecule has 2 aromatic rings. The second-order valence-corrected chi connectivity index (χ2v) is 5.92. The van der Waals surface area contributed by atoms with Gasteiger partial charge in [-0.3, -0.25) is 14.9 Å². The normalized spacial score (nSPS) is 14.0. The van der Waals surface area contributed by atoms with Gasteiger partial charge in [0.1, 0.15) is 5.75 Å². The fraction of sp³-hybridized carbons (Fsp3) is 0.353. The third-order valence-electron chi connectivity index (χ3n) is 4.21. The molecule has 26 heavy (non-hydrogen) atoms. The fourth-order valence-corrected chi connectivity index (χ4v) is 2.83. The van der Waals surface area contributed by atoms with Crippen molar-refractivity contribution < 1.29 is 14.5 Å². The molecule has 1 amide bonds. The highest BCUT2D eigenvalue weighted by Gasteiger charge is 2.17. The summed E-state index contributed by atoms with van der Waals surface area (Å²) >= 11 is 0. The number of non-ortho nitro benzene ring substituents is 1. The predicted octanol–water partition coefficient (Wildman–Crippen LogP) is 2.64. The molecule has 1 aromatic carbocycles. The molecule has 0 radical (unpaired) electrons. The Balaban J connectivity index is 1.75. The first-order chi connectivity index (χ1) is 12.6. The highest BCUT2D eigenvalue weighted by Crippen LogP contribution is 2.29. The summed E-state index contributed by atoms with van der Waals surface area (Å²) in [5.74, 6) is 0.553. The number of methoxy groups -OCH3 is 1. The number of nitrogens with zero attached hydrogens (tertiary/aromatic N) is 4. The van der Waals surface area contributed by atoms with Gasteiger partial charge in [0.2, 0.25) is 0 Å². The van der Waals surface area contributed by atoms with Crippen LogP contribution in [0.3, 0.4) is 0 Å². The minimum atomic E-state index is -0.539. The minimum absolute atomic E-state index is 0.124. The van der Waals surface area contributed by atoms with Crippen LogP contribution in [0.5, 0.6) is 5.75 Å². The van der Waals surface area contributed by atoms with Crippen LogP contribution in [-0.4, -0.2) is 41.2 Å². The number of carbonyl (C=O) groups excluding carboxylic acids is 1. The van der Waals surface area contributed by atoms with Gasteiger partial charge < -0.3 is 15.0 Å². The zero-order chi connectivity index (χ0) is 18.5. The molecule has 2 heterocycles. The number of hydrogen-bond donors (Lipinski definition) is 1. The van der Waals surface area contributed by atoms with Crippen molar-refractivity contribution >= 4 is 23.1 Å². The Kier molecular flexibility index (Phi) is 5.26. The van der Waals surface area contributed by atoms with Crippen LogP contribution in [0.1, 0.15) is 29.8 Å². The topological polar surface area (TPSA) is 110 Å². The average molecular weight is 357 g/mol. The summed E-state index contributed by atoms with van der Waals surface area (Å²) in [6, 6.07) is 7.33. The molecule has 0 saturated carbocycles. The fourth-order valence-electron chi connectivity index (χ4n) is 2.83. The van der Waals surface area contributed by atoms with E-state index in [1.165, 1.54) is 31.7 Å². The summed E-state index contributed by atoms with van der Waals surface area (Å²) < 4.78 is 5.14. The Bertz CT molecular complexity index is 803. The van der Waals surface area contributed by atoms with E-state index >= 15 is 0 Å². The molecule has 1 aromatic heterocycles. The smallest absolute Gasteiger partial charge is 0.276 e. The minimum Gasteiger partial charge on any atom is -0.495 e. The third kappa shape index (κ3) is 3.88. The number of anilines is 2. The molecule has 1 N–H and O–H groups in total. The predicted molar refractivity (Wildman–Crippen MR) is 95.7 cm³/mol. The Morgan fingerprint density at radius 2 is 1.96 bits per heavy atom. The summed E-state index contributed by atoms with van der Waals surface area (Å²) in [6.45, 7) is 1.87. The largest absolute Gasteiger partial charge is 0.495 e. The molecule has 136 valence electrons. The van der Waals surface area contributed by atoms with Crippen LogP contribution in [0.4, 0.5) is 17.2 Å². The van der Waals surface area contributed by atoms with Crippen molar-refractivity contribution in [3.8, 4) is 5.75 Å². The van der Waals surface area contributed by atoms with Gasteiger partial charge >= 0.3 is 0 Å². The van der Waals surface area contributed by atoms with Crippen LogP contribution in [0.2, 0.25) is 0 Å². The van der Waals surface area contributed by atoms with Crippen LogP contribution in [0.25, 0.3) is 0 Å². The second-order valence-electron chi connectivity index (χ2n) is 5.92. The van der Waals surface area contributed by atoms with Gasteiger partial charge in [0.25, 0.3) is 11.6 Å². The van der Waals surface area contributed by atoms with Crippen molar-refractivity contribution in [1.29, 1.82) is 0 Å². The molecular formula is C17H19N5O4. The van der Waals surface area contributed by atoms with Crippen molar-refractivity contribution in [3.63, 3.8) is 0 Å². The molecule has 0 bridgehead atoms. The first kappa shape index (κ1) is 17.6. The summed E-state index contributed by atoms with van der Waals surface area (Å²) in [5, 5.41) is 21.6. The zero-order valence-electron chi connectivity index (χ0n) is 14.3. The summed E-state index contributed by atoms with van der Waals surface area (Å²) in [6.07, 6.45) is 3.46. The average Bonchev–Trinajstić information content (AvgIpc) is 2.68. The Hall–Kier alpha value is -3.23. The lowest BCUT2D eigenvalue weighted by atomic mass is 10.1. The third-order valence-corrected chi connectivity index (χ3v) is 4.21. The molecule has 0 aliphatic carbocycles. The second kappa shape index (κ2) is 7.77. The molecule has 1 aliphatic rings. The number of amides is 1. The maximum atomic E-state index is 12.4. The quantitative estimate of drug-likeness (QED) is 0.647. The molecule has 9 heteroatoms. The highest BCUT2D eigenvalue weighted by molar-refractivity contribution is 6.03. The number of benzene rings is 1. The van der Waals surface area contributed by atoms with Crippen LogP contribution in [0.15, 0.2) is 30.3 Å². The Morgan fingerprint density at radius 1 is 1.19 bits per heavy atom. The van der Waals surface area contributed by atoms with E-state index in [0.717, 1.165) is 31.7 Å². The first-order valence-electron chi connectivity index (χ1n) is 8.31. The number of ether oxygens (including phenoxy) is 1. The SMILES string of the molecule is COc1ccc([N+](=O)[O-])cc1NC(=O)c1ccc(N2CCCCC2)nn1. The number of nitrogens with one attached hydrogen (secondary N) is 1. The molecule has 0 unspecified atom stereocenters. The molecule has 1 saturated heterocycles. The molecule has 1 fully saturated rings. The van der Waals surface area contributed by atoms with Crippen molar-refractivity contribution in [3.05, 3.63) is 46.1 Å². The number of nitro benzene ring substituents is 1. The molecule has 0 spiro atoms. The molecule has 3 rings (SSSR count). The van der Waals surface area contributed by atoms with Crippen LogP contribution >= 0.6 is 0 Å². The number of hydrogen-bond acceptors (Lipinski definition) is 7. The lowest BCUT2D eigenvalue weighted by molar-refractivity contribution is -0.384. The van der Waals surface area contributed by atoms with E-state index in [-0.39, 0.29) is 17.1 Å². The highest BCUT2D eigenvalue weighted by atomic mass is 16.6. The molecular weight excluding hydrogens is 338 g/mol. The van der Waals surface area contributed by atoms with Crippen LogP contribution in [-0.2, 0) is 0 Å². The van der Waals surface area contributed by atoms with E-state index in [0.29, 0.717) is 5.75 Å². The lowest BCUT2D eigenvalue weighted by Gasteiger charge is -2.27. The molecule has 0 atom stereocenters. The number of carbonyl (C=O) groups is 1. The first-order valence-corrected chi connectivity index (χ1v) is 8.31. The van der Waals surface area contributed by atoms with E-state index in [1.54, 1.807) is 12.1 Å². The maximum Gasteiger partial charge on any atom is 0.276 e. The lowest BCUT2D eigenvalue weighted by Crippen LogP contribution is -2.30. The molecule has 1 aliphatic heterocycles. The summed E-state index contributed by atoms with van der Waals surface area (Å²) in [5.41, 5.74) is 0.181. The number of rotatable bonds is 5. The Morgan fingerprint density at radius 3 is 2.58 bits per heavy atom.